The van der Waals surface area contributed by atoms with Crippen LogP contribution in [-0.4, -0.2) is 30.8 Å². The maximum Gasteiger partial charge on any atom is 0.241 e. The third kappa shape index (κ3) is 6.75. The van der Waals surface area contributed by atoms with Gasteiger partial charge in [-0.1, -0.05) is 54.6 Å². The van der Waals surface area contributed by atoms with Crippen LogP contribution in [0.25, 0.3) is 28.0 Å². The number of nitrogens with one attached hydrogen (secondary N) is 2. The SMILES string of the molecule is NC(=O)C=Cc1ccc2ncnc(Nc3ccccc3)c2n1.c1ccc(Nc2ncc3ccccc3n2)cc1. The molecule has 0 fully saturated rings. The number of benzene rings is 3. The number of pyridine rings is 1. The zero-order valence-electron chi connectivity index (χ0n) is 20.8. The normalized spacial score (nSPS) is 10.7. The van der Waals surface area contributed by atoms with Gasteiger partial charge < -0.3 is 16.4 Å². The van der Waals surface area contributed by atoms with Gasteiger partial charge in [0.2, 0.25) is 11.9 Å². The lowest BCUT2D eigenvalue weighted by atomic mass is 10.2. The third-order valence-electron chi connectivity index (χ3n) is 5.48. The molecule has 6 aromatic rings. The van der Waals surface area contributed by atoms with Crippen LogP contribution in [0, 0.1) is 0 Å². The van der Waals surface area contributed by atoms with Gasteiger partial charge in [0, 0.05) is 29.0 Å². The largest absolute Gasteiger partial charge is 0.366 e. The van der Waals surface area contributed by atoms with Gasteiger partial charge in [-0.3, -0.25) is 4.79 Å². The lowest BCUT2D eigenvalue weighted by molar-refractivity contribution is -0.113. The number of fused-ring (bicyclic) bond motifs is 2. The number of anilines is 4. The molecule has 0 atom stereocenters. The second-order valence-electron chi connectivity index (χ2n) is 8.30. The van der Waals surface area contributed by atoms with Gasteiger partial charge in [0.25, 0.3) is 0 Å². The van der Waals surface area contributed by atoms with Crippen LogP contribution in [0.5, 0.6) is 0 Å². The zero-order chi connectivity index (χ0) is 26.9. The average molecular weight is 513 g/mol. The first-order valence-electron chi connectivity index (χ1n) is 12.1. The molecule has 9 heteroatoms. The van der Waals surface area contributed by atoms with Crippen molar-refractivity contribution in [2.24, 2.45) is 5.73 Å². The van der Waals surface area contributed by atoms with Gasteiger partial charge >= 0.3 is 0 Å². The number of hydrogen-bond donors (Lipinski definition) is 3. The molecule has 0 spiro atoms. The number of rotatable bonds is 6. The summed E-state index contributed by atoms with van der Waals surface area (Å²) in [5.74, 6) is 0.703. The van der Waals surface area contributed by atoms with Crippen molar-refractivity contribution in [1.29, 1.82) is 0 Å². The smallest absolute Gasteiger partial charge is 0.241 e. The van der Waals surface area contributed by atoms with Crippen molar-refractivity contribution in [2.75, 3.05) is 10.6 Å². The first kappa shape index (κ1) is 25.0. The highest BCUT2D eigenvalue weighted by molar-refractivity contribution is 5.91. The van der Waals surface area contributed by atoms with Crippen molar-refractivity contribution in [3.8, 4) is 0 Å². The molecule has 9 nitrogen and oxygen atoms in total. The van der Waals surface area contributed by atoms with E-state index in [9.17, 15) is 4.79 Å². The molecule has 4 N–H and O–H groups in total. The van der Waals surface area contributed by atoms with Crippen molar-refractivity contribution in [1.82, 2.24) is 24.9 Å². The summed E-state index contributed by atoms with van der Waals surface area (Å²) in [6.07, 6.45) is 6.13. The summed E-state index contributed by atoms with van der Waals surface area (Å²) in [5, 5.41) is 7.43. The molecular weight excluding hydrogens is 488 g/mol. The molecule has 3 aromatic heterocycles. The Morgan fingerprint density at radius 3 is 2.13 bits per heavy atom. The topological polar surface area (TPSA) is 132 Å². The van der Waals surface area contributed by atoms with Crippen LogP contribution in [0.2, 0.25) is 0 Å². The molecule has 0 saturated carbocycles. The molecule has 0 aliphatic heterocycles. The predicted octanol–water partition coefficient (Wildman–Crippen LogP) is 5.64. The minimum atomic E-state index is -0.520. The van der Waals surface area contributed by atoms with E-state index in [0.29, 0.717) is 28.5 Å². The summed E-state index contributed by atoms with van der Waals surface area (Å²) in [5.41, 5.74) is 9.88. The van der Waals surface area contributed by atoms with Gasteiger partial charge in [-0.05, 0) is 48.5 Å². The molecule has 190 valence electrons. The monoisotopic (exact) mass is 512 g/mol. The lowest BCUT2D eigenvalue weighted by Crippen LogP contribution is -2.05. The Balaban J connectivity index is 0.000000163. The van der Waals surface area contributed by atoms with Crippen molar-refractivity contribution >= 4 is 57.1 Å². The minimum absolute atomic E-state index is 0.520. The molecule has 0 aliphatic carbocycles. The Kier molecular flexibility index (Phi) is 7.70. The summed E-state index contributed by atoms with van der Waals surface area (Å²) in [4.78, 5) is 32.4. The molecule has 1 amide bonds. The van der Waals surface area contributed by atoms with Crippen molar-refractivity contribution in [3.05, 3.63) is 121 Å². The Morgan fingerprint density at radius 2 is 1.38 bits per heavy atom. The fraction of sp³-hybridized carbons (Fsp3) is 0. The number of carbonyl (C=O) groups excluding carboxylic acids is 1. The molecule has 3 heterocycles. The number of primary amides is 1. The van der Waals surface area contributed by atoms with Crippen molar-refractivity contribution < 1.29 is 4.79 Å². The Labute approximate surface area is 224 Å². The van der Waals surface area contributed by atoms with E-state index < -0.39 is 5.91 Å². The van der Waals surface area contributed by atoms with Crippen LogP contribution >= 0.6 is 0 Å². The van der Waals surface area contributed by atoms with E-state index >= 15 is 0 Å². The van der Waals surface area contributed by atoms with Gasteiger partial charge in [0.1, 0.15) is 11.8 Å². The number of para-hydroxylation sites is 3. The number of amides is 1. The van der Waals surface area contributed by atoms with E-state index in [-0.39, 0.29) is 0 Å². The fourth-order valence-electron chi connectivity index (χ4n) is 3.65. The van der Waals surface area contributed by atoms with E-state index in [1.807, 2.05) is 97.2 Å². The molecule has 0 saturated heterocycles. The van der Waals surface area contributed by atoms with Crippen LogP contribution in [0.1, 0.15) is 5.69 Å². The van der Waals surface area contributed by atoms with Gasteiger partial charge in [-0.15, -0.1) is 0 Å². The molecule has 0 bridgehead atoms. The molecule has 0 unspecified atom stereocenters. The molecule has 0 radical (unpaired) electrons. The maximum absolute atomic E-state index is 10.8. The van der Waals surface area contributed by atoms with Crippen LogP contribution in [0.3, 0.4) is 0 Å². The van der Waals surface area contributed by atoms with E-state index in [4.69, 9.17) is 5.73 Å². The highest BCUT2D eigenvalue weighted by Gasteiger charge is 2.06. The van der Waals surface area contributed by atoms with Crippen LogP contribution in [0.15, 0.2) is 116 Å². The van der Waals surface area contributed by atoms with Gasteiger partial charge in [0.15, 0.2) is 5.82 Å². The lowest BCUT2D eigenvalue weighted by Gasteiger charge is -2.07. The molecule has 3 aromatic carbocycles. The van der Waals surface area contributed by atoms with Crippen LogP contribution in [0.4, 0.5) is 23.1 Å². The molecule has 0 aliphatic rings. The number of carbonyl (C=O) groups is 1. The standard InChI is InChI=1S/C16H13N5O.C14H11N3/c17-14(22)9-7-12-6-8-13-15(20-12)16(19-10-18-13)21-11-4-2-1-3-5-11;1-2-7-12(8-3-1)16-14-15-10-11-6-4-5-9-13(11)17-14/h1-10H,(H2,17,22)(H,18,19,21);1-10H,(H,15,16,17). The third-order valence-corrected chi connectivity index (χ3v) is 5.48. The highest BCUT2D eigenvalue weighted by Crippen LogP contribution is 2.22. The molecular formula is C30H24N8O. The Bertz CT molecular complexity index is 1740. The second kappa shape index (κ2) is 12.0. The molecule has 6 rings (SSSR count). The first-order valence-corrected chi connectivity index (χ1v) is 12.1. The zero-order valence-corrected chi connectivity index (χ0v) is 20.8. The second-order valence-corrected chi connectivity index (χ2v) is 8.30. The maximum atomic E-state index is 10.8. The average Bonchev–Trinajstić information content (AvgIpc) is 2.98. The minimum Gasteiger partial charge on any atom is -0.366 e. The number of aromatic nitrogens is 5. The molecule has 39 heavy (non-hydrogen) atoms. The van der Waals surface area contributed by atoms with Gasteiger partial charge in [-0.25, -0.2) is 24.9 Å². The summed E-state index contributed by atoms with van der Waals surface area (Å²) < 4.78 is 0. The Morgan fingerprint density at radius 1 is 0.692 bits per heavy atom. The van der Waals surface area contributed by atoms with Crippen molar-refractivity contribution in [2.45, 2.75) is 0 Å². The van der Waals surface area contributed by atoms with E-state index in [2.05, 4.69) is 35.6 Å². The van der Waals surface area contributed by atoms with E-state index in [0.717, 1.165) is 22.3 Å². The van der Waals surface area contributed by atoms with Gasteiger partial charge in [0.05, 0.1) is 16.7 Å². The van der Waals surface area contributed by atoms with Gasteiger partial charge in [-0.2, -0.15) is 0 Å². The van der Waals surface area contributed by atoms with Crippen LogP contribution < -0.4 is 16.4 Å². The first-order chi connectivity index (χ1) is 19.1. The summed E-state index contributed by atoms with van der Waals surface area (Å²) >= 11 is 0. The summed E-state index contributed by atoms with van der Waals surface area (Å²) in [6, 6.07) is 31.1. The summed E-state index contributed by atoms with van der Waals surface area (Å²) in [7, 11) is 0. The quantitative estimate of drug-likeness (QED) is 0.244. The van der Waals surface area contributed by atoms with E-state index in [1.165, 1.54) is 12.4 Å². The van der Waals surface area contributed by atoms with E-state index in [1.54, 1.807) is 12.1 Å². The summed E-state index contributed by atoms with van der Waals surface area (Å²) in [6.45, 7) is 0. The Hall–Kier alpha value is -5.70. The van der Waals surface area contributed by atoms with Crippen molar-refractivity contribution in [3.63, 3.8) is 0 Å². The number of nitrogens with two attached hydrogens (primary N) is 1. The number of nitrogens with zero attached hydrogens (tertiary/aromatic N) is 5. The fourth-order valence-corrected chi connectivity index (χ4v) is 3.65. The predicted molar refractivity (Wildman–Crippen MR) is 155 cm³/mol. The number of hydrogen-bond acceptors (Lipinski definition) is 8. The highest BCUT2D eigenvalue weighted by atomic mass is 16.1. The van der Waals surface area contributed by atoms with Crippen LogP contribution in [-0.2, 0) is 4.79 Å².